The Hall–Kier alpha value is -1.27. The number of aliphatic hydroxyl groups is 2. The fourth-order valence-corrected chi connectivity index (χ4v) is 1.11. The molecule has 1 aromatic rings. The number of hydrogen-bond donors (Lipinski definition) is 2. The zero-order valence-corrected chi connectivity index (χ0v) is 9.11. The fourth-order valence-electron chi connectivity index (χ4n) is 1.11. The summed E-state index contributed by atoms with van der Waals surface area (Å²) in [6.45, 7) is 0.723. The first-order chi connectivity index (χ1) is 7.80. The minimum atomic E-state index is -4.68. The van der Waals surface area contributed by atoms with Crippen molar-refractivity contribution in [2.45, 2.75) is 25.3 Å². The first kappa shape index (κ1) is 13.8. The Labute approximate surface area is 96.5 Å². The van der Waals surface area contributed by atoms with Crippen molar-refractivity contribution in [3.63, 3.8) is 0 Å². The summed E-state index contributed by atoms with van der Waals surface area (Å²) >= 11 is 0. The molecule has 1 aromatic carbocycles. The molecule has 2 atom stereocenters. The molecule has 1 unspecified atom stereocenters. The van der Waals surface area contributed by atoms with Crippen LogP contribution >= 0.6 is 0 Å². The lowest BCUT2D eigenvalue weighted by atomic mass is 10.1. The highest BCUT2D eigenvalue weighted by molar-refractivity contribution is 5.28. The summed E-state index contributed by atoms with van der Waals surface area (Å²) in [5.74, 6) is 0.206. The minimum absolute atomic E-state index is 0.206. The van der Waals surface area contributed by atoms with Crippen LogP contribution in [0.4, 0.5) is 13.2 Å². The molecule has 0 heterocycles. The summed E-state index contributed by atoms with van der Waals surface area (Å²) in [6, 6.07) is 5.95. The SMILES string of the molecule is C[C@@H](O)c1ccc(OCC(O)C(F)(F)F)cc1. The number of benzene rings is 1. The Morgan fingerprint density at radius 3 is 2.12 bits per heavy atom. The predicted molar refractivity (Wildman–Crippen MR) is 54.6 cm³/mol. The second-order valence-corrected chi connectivity index (χ2v) is 3.61. The molecule has 3 nitrogen and oxygen atoms in total. The average Bonchev–Trinajstić information content (AvgIpc) is 2.25. The van der Waals surface area contributed by atoms with Gasteiger partial charge in [-0.1, -0.05) is 12.1 Å². The number of halogens is 3. The van der Waals surface area contributed by atoms with E-state index in [4.69, 9.17) is 9.84 Å². The third-order valence-corrected chi connectivity index (χ3v) is 2.15. The molecule has 0 aromatic heterocycles. The Kier molecular flexibility index (Phi) is 4.36. The molecule has 2 N–H and O–H groups in total. The number of aliphatic hydroxyl groups excluding tert-OH is 2. The molecule has 0 fully saturated rings. The zero-order chi connectivity index (χ0) is 13.1. The van der Waals surface area contributed by atoms with Crippen LogP contribution in [0.2, 0.25) is 0 Å². The first-order valence-corrected chi connectivity index (χ1v) is 4.96. The number of ether oxygens (including phenoxy) is 1. The molecular formula is C11H13F3O3. The van der Waals surface area contributed by atoms with Gasteiger partial charge in [0.15, 0.2) is 6.10 Å². The molecule has 0 spiro atoms. The Balaban J connectivity index is 2.53. The number of hydrogen-bond acceptors (Lipinski definition) is 3. The molecular weight excluding hydrogens is 237 g/mol. The maximum Gasteiger partial charge on any atom is 0.417 e. The third-order valence-electron chi connectivity index (χ3n) is 2.15. The smallest absolute Gasteiger partial charge is 0.417 e. The van der Waals surface area contributed by atoms with Gasteiger partial charge in [0.2, 0.25) is 0 Å². The largest absolute Gasteiger partial charge is 0.491 e. The molecule has 0 saturated carbocycles. The van der Waals surface area contributed by atoms with Crippen molar-refractivity contribution < 1.29 is 28.1 Å². The number of rotatable bonds is 4. The second kappa shape index (κ2) is 5.37. The fraction of sp³-hybridized carbons (Fsp3) is 0.455. The molecule has 17 heavy (non-hydrogen) atoms. The molecule has 0 radical (unpaired) electrons. The normalized spacial score (nSPS) is 15.4. The molecule has 0 aliphatic rings. The van der Waals surface area contributed by atoms with E-state index in [0.717, 1.165) is 0 Å². The zero-order valence-electron chi connectivity index (χ0n) is 9.11. The number of alkyl halides is 3. The van der Waals surface area contributed by atoms with Crippen LogP contribution in [0, 0.1) is 0 Å². The minimum Gasteiger partial charge on any atom is -0.491 e. The van der Waals surface area contributed by atoms with Gasteiger partial charge in [-0.2, -0.15) is 13.2 Å². The van der Waals surface area contributed by atoms with E-state index in [-0.39, 0.29) is 5.75 Å². The Bertz CT molecular complexity index is 346. The standard InChI is InChI=1S/C11H13F3O3/c1-7(15)8-2-4-9(5-3-8)17-6-10(16)11(12,13)14/h2-5,7,10,15-16H,6H2,1H3/t7-,10?/m1/s1. The second-order valence-electron chi connectivity index (χ2n) is 3.61. The summed E-state index contributed by atoms with van der Waals surface area (Å²) in [4.78, 5) is 0. The van der Waals surface area contributed by atoms with Crippen LogP contribution in [-0.4, -0.2) is 29.1 Å². The van der Waals surface area contributed by atoms with Gasteiger partial charge in [-0.3, -0.25) is 0 Å². The van der Waals surface area contributed by atoms with Crippen molar-refractivity contribution in [1.82, 2.24) is 0 Å². The van der Waals surface area contributed by atoms with E-state index < -0.39 is 25.0 Å². The molecule has 1 rings (SSSR count). The lowest BCUT2D eigenvalue weighted by Gasteiger charge is -2.15. The summed E-state index contributed by atoms with van der Waals surface area (Å²) in [5, 5.41) is 17.9. The third kappa shape index (κ3) is 4.24. The Morgan fingerprint density at radius 2 is 1.71 bits per heavy atom. The summed E-state index contributed by atoms with van der Waals surface area (Å²) in [5.41, 5.74) is 0.633. The van der Waals surface area contributed by atoms with Gasteiger partial charge in [0.1, 0.15) is 12.4 Å². The molecule has 0 amide bonds. The van der Waals surface area contributed by atoms with Crippen molar-refractivity contribution in [2.75, 3.05) is 6.61 Å². The summed E-state index contributed by atoms with van der Waals surface area (Å²) in [7, 11) is 0. The predicted octanol–water partition coefficient (Wildman–Crippen LogP) is 2.04. The molecule has 0 aliphatic heterocycles. The van der Waals surface area contributed by atoms with Crippen LogP contribution in [0.5, 0.6) is 5.75 Å². The van der Waals surface area contributed by atoms with E-state index in [1.807, 2.05) is 0 Å². The lowest BCUT2D eigenvalue weighted by Crippen LogP contribution is -2.34. The summed E-state index contributed by atoms with van der Waals surface area (Å²) < 4.78 is 40.7. The van der Waals surface area contributed by atoms with Gasteiger partial charge in [-0.25, -0.2) is 0 Å². The molecule has 0 bridgehead atoms. The monoisotopic (exact) mass is 250 g/mol. The van der Waals surface area contributed by atoms with Crippen molar-refractivity contribution in [2.24, 2.45) is 0 Å². The Morgan fingerprint density at radius 1 is 1.18 bits per heavy atom. The highest BCUT2D eigenvalue weighted by Crippen LogP contribution is 2.22. The highest BCUT2D eigenvalue weighted by Gasteiger charge is 2.38. The van der Waals surface area contributed by atoms with Gasteiger partial charge in [0.05, 0.1) is 6.10 Å². The van der Waals surface area contributed by atoms with Crippen molar-refractivity contribution in [1.29, 1.82) is 0 Å². The first-order valence-electron chi connectivity index (χ1n) is 4.96. The van der Waals surface area contributed by atoms with Crippen molar-refractivity contribution in [3.05, 3.63) is 29.8 Å². The van der Waals surface area contributed by atoms with Gasteiger partial charge in [-0.15, -0.1) is 0 Å². The van der Waals surface area contributed by atoms with Crippen LogP contribution < -0.4 is 4.74 Å². The van der Waals surface area contributed by atoms with Crippen LogP contribution in [0.3, 0.4) is 0 Å². The van der Waals surface area contributed by atoms with E-state index in [9.17, 15) is 18.3 Å². The molecule has 0 aliphatic carbocycles. The van der Waals surface area contributed by atoms with Gasteiger partial charge >= 0.3 is 6.18 Å². The molecule has 96 valence electrons. The van der Waals surface area contributed by atoms with E-state index in [1.165, 1.54) is 12.1 Å². The van der Waals surface area contributed by atoms with Crippen LogP contribution in [0.25, 0.3) is 0 Å². The average molecular weight is 250 g/mol. The van der Waals surface area contributed by atoms with Crippen molar-refractivity contribution >= 4 is 0 Å². The lowest BCUT2D eigenvalue weighted by molar-refractivity contribution is -0.210. The highest BCUT2D eigenvalue weighted by atomic mass is 19.4. The van der Waals surface area contributed by atoms with E-state index in [2.05, 4.69) is 0 Å². The van der Waals surface area contributed by atoms with E-state index in [0.29, 0.717) is 5.56 Å². The quantitative estimate of drug-likeness (QED) is 0.859. The van der Waals surface area contributed by atoms with Gasteiger partial charge in [0.25, 0.3) is 0 Å². The van der Waals surface area contributed by atoms with Crippen LogP contribution in [0.1, 0.15) is 18.6 Å². The van der Waals surface area contributed by atoms with Crippen LogP contribution in [0.15, 0.2) is 24.3 Å². The molecule has 0 saturated heterocycles. The molecule has 6 heteroatoms. The van der Waals surface area contributed by atoms with E-state index >= 15 is 0 Å². The maximum atomic E-state index is 12.0. The van der Waals surface area contributed by atoms with E-state index in [1.54, 1.807) is 19.1 Å². The van der Waals surface area contributed by atoms with Gasteiger partial charge in [-0.05, 0) is 24.6 Å². The van der Waals surface area contributed by atoms with Gasteiger partial charge in [0, 0.05) is 0 Å². The maximum absolute atomic E-state index is 12.0. The van der Waals surface area contributed by atoms with Crippen molar-refractivity contribution in [3.8, 4) is 5.75 Å². The topological polar surface area (TPSA) is 49.7 Å². The van der Waals surface area contributed by atoms with Crippen LogP contribution in [-0.2, 0) is 0 Å². The summed E-state index contributed by atoms with van der Waals surface area (Å²) in [6.07, 6.45) is -7.83. The van der Waals surface area contributed by atoms with Gasteiger partial charge < -0.3 is 14.9 Å².